The van der Waals surface area contributed by atoms with Gasteiger partial charge in [-0.3, -0.25) is 4.79 Å². The summed E-state index contributed by atoms with van der Waals surface area (Å²) < 4.78 is 5.13. The van der Waals surface area contributed by atoms with Crippen LogP contribution in [-0.2, 0) is 11.3 Å². The second-order valence-electron chi connectivity index (χ2n) is 3.27. The topological polar surface area (TPSA) is 69.3 Å². The molecule has 0 aromatic carbocycles. The molecule has 1 N–H and O–H groups in total. The lowest BCUT2D eigenvalue weighted by atomic mass is 10.4. The maximum Gasteiger partial charge on any atom is 0.236 e. The van der Waals surface area contributed by atoms with Crippen LogP contribution in [0.5, 0.6) is 0 Å². The molecule has 0 unspecified atom stereocenters. The van der Waals surface area contributed by atoms with Crippen LogP contribution in [0.4, 0.5) is 0 Å². The summed E-state index contributed by atoms with van der Waals surface area (Å²) in [5.74, 6) is 0.936. The summed E-state index contributed by atoms with van der Waals surface area (Å²) in [6.07, 6.45) is 0. The first kappa shape index (κ1) is 11.3. The number of carbonyl (C=O) groups is 1. The number of carbonyl (C=O) groups excluding carboxylic acids is 1. The maximum absolute atomic E-state index is 11.2. The van der Waals surface area contributed by atoms with Crippen LogP contribution in [0.15, 0.2) is 16.5 Å². The quantitative estimate of drug-likeness (QED) is 0.772. The summed E-state index contributed by atoms with van der Waals surface area (Å²) in [5, 5.41) is 11.4. The molecular formula is C10H13N3O2. The summed E-state index contributed by atoms with van der Waals surface area (Å²) in [7, 11) is 3.40. The lowest BCUT2D eigenvalue weighted by Gasteiger charge is -2.09. The molecule has 1 aromatic rings. The second-order valence-corrected chi connectivity index (χ2v) is 3.27. The van der Waals surface area contributed by atoms with Crippen molar-refractivity contribution in [1.82, 2.24) is 10.2 Å². The van der Waals surface area contributed by atoms with E-state index in [0.717, 1.165) is 0 Å². The minimum Gasteiger partial charge on any atom is -0.449 e. The van der Waals surface area contributed by atoms with Crippen molar-refractivity contribution in [2.24, 2.45) is 0 Å². The standard InChI is InChI=1S/C10H13N3O2/c1-13(2)10(14)7-12-6-9-4-3-8(5-11)15-9/h3-4,12H,6-7H2,1-2H3. The fourth-order valence-corrected chi connectivity index (χ4v) is 0.984. The molecule has 0 saturated heterocycles. The van der Waals surface area contributed by atoms with Gasteiger partial charge in [-0.2, -0.15) is 5.26 Å². The van der Waals surface area contributed by atoms with Crippen LogP contribution in [0.1, 0.15) is 11.5 Å². The van der Waals surface area contributed by atoms with Crippen molar-refractivity contribution < 1.29 is 9.21 Å². The molecule has 1 aromatic heterocycles. The Bertz CT molecular complexity index is 376. The number of nitrogens with zero attached hydrogens (tertiary/aromatic N) is 2. The number of rotatable bonds is 4. The van der Waals surface area contributed by atoms with E-state index in [2.05, 4.69) is 5.32 Å². The number of nitriles is 1. The van der Waals surface area contributed by atoms with E-state index in [0.29, 0.717) is 12.3 Å². The van der Waals surface area contributed by atoms with Crippen molar-refractivity contribution in [3.63, 3.8) is 0 Å². The number of furan rings is 1. The third-order valence-electron chi connectivity index (χ3n) is 1.85. The normalized spacial score (nSPS) is 9.67. The lowest BCUT2D eigenvalue weighted by molar-refractivity contribution is -0.127. The van der Waals surface area contributed by atoms with Crippen molar-refractivity contribution >= 4 is 5.91 Å². The predicted octanol–water partition coefficient (Wildman–Crippen LogP) is 0.329. The van der Waals surface area contributed by atoms with Crippen LogP contribution in [0.25, 0.3) is 0 Å². The van der Waals surface area contributed by atoms with E-state index >= 15 is 0 Å². The van der Waals surface area contributed by atoms with Gasteiger partial charge in [0.15, 0.2) is 0 Å². The Kier molecular flexibility index (Phi) is 3.89. The Morgan fingerprint density at radius 1 is 1.60 bits per heavy atom. The highest BCUT2D eigenvalue weighted by Crippen LogP contribution is 2.05. The Labute approximate surface area is 88.3 Å². The molecule has 0 aliphatic carbocycles. The van der Waals surface area contributed by atoms with E-state index in [-0.39, 0.29) is 18.2 Å². The fraction of sp³-hybridized carbons (Fsp3) is 0.400. The summed E-state index contributed by atoms with van der Waals surface area (Å²) >= 11 is 0. The Balaban J connectivity index is 2.32. The van der Waals surface area contributed by atoms with E-state index in [1.54, 1.807) is 26.2 Å². The first-order valence-electron chi connectivity index (χ1n) is 4.53. The van der Waals surface area contributed by atoms with Gasteiger partial charge in [0.05, 0.1) is 13.1 Å². The highest BCUT2D eigenvalue weighted by atomic mass is 16.3. The number of likely N-dealkylation sites (N-methyl/N-ethyl adjacent to an activating group) is 1. The Morgan fingerprint density at radius 3 is 2.87 bits per heavy atom. The molecule has 15 heavy (non-hydrogen) atoms. The molecular weight excluding hydrogens is 194 g/mol. The summed E-state index contributed by atoms with van der Waals surface area (Å²) in [4.78, 5) is 12.7. The molecule has 1 heterocycles. The lowest BCUT2D eigenvalue weighted by Crippen LogP contribution is -2.32. The van der Waals surface area contributed by atoms with Gasteiger partial charge < -0.3 is 14.6 Å². The molecule has 0 aliphatic rings. The zero-order valence-corrected chi connectivity index (χ0v) is 8.78. The van der Waals surface area contributed by atoms with E-state index in [1.165, 1.54) is 4.90 Å². The molecule has 0 fully saturated rings. The van der Waals surface area contributed by atoms with Gasteiger partial charge in [0.25, 0.3) is 0 Å². The number of amides is 1. The van der Waals surface area contributed by atoms with Gasteiger partial charge in [-0.15, -0.1) is 0 Å². The van der Waals surface area contributed by atoms with Crippen molar-refractivity contribution in [1.29, 1.82) is 5.26 Å². The summed E-state index contributed by atoms with van der Waals surface area (Å²) in [5.41, 5.74) is 0. The zero-order valence-electron chi connectivity index (χ0n) is 8.78. The van der Waals surface area contributed by atoms with Gasteiger partial charge in [0, 0.05) is 14.1 Å². The van der Waals surface area contributed by atoms with Gasteiger partial charge in [-0.1, -0.05) is 0 Å². The van der Waals surface area contributed by atoms with Crippen LogP contribution in [0, 0.1) is 11.3 Å². The van der Waals surface area contributed by atoms with Crippen molar-refractivity contribution in [3.05, 3.63) is 23.7 Å². The van der Waals surface area contributed by atoms with E-state index < -0.39 is 0 Å². The average Bonchev–Trinajstić information content (AvgIpc) is 2.65. The smallest absolute Gasteiger partial charge is 0.236 e. The molecule has 0 radical (unpaired) electrons. The van der Waals surface area contributed by atoms with Gasteiger partial charge in [0.1, 0.15) is 11.8 Å². The largest absolute Gasteiger partial charge is 0.449 e. The minimum atomic E-state index is 0.00191. The monoisotopic (exact) mass is 207 g/mol. The zero-order chi connectivity index (χ0) is 11.3. The SMILES string of the molecule is CN(C)C(=O)CNCc1ccc(C#N)o1. The van der Waals surface area contributed by atoms with Gasteiger partial charge in [-0.05, 0) is 12.1 Å². The van der Waals surface area contributed by atoms with Crippen LogP contribution in [-0.4, -0.2) is 31.4 Å². The van der Waals surface area contributed by atoms with Crippen LogP contribution < -0.4 is 5.32 Å². The van der Waals surface area contributed by atoms with Crippen LogP contribution >= 0.6 is 0 Å². The third-order valence-corrected chi connectivity index (χ3v) is 1.85. The Morgan fingerprint density at radius 2 is 2.33 bits per heavy atom. The summed E-state index contributed by atoms with van der Waals surface area (Å²) in [6.45, 7) is 0.705. The first-order valence-corrected chi connectivity index (χ1v) is 4.53. The van der Waals surface area contributed by atoms with E-state index in [1.807, 2.05) is 6.07 Å². The number of nitrogens with one attached hydrogen (secondary N) is 1. The second kappa shape index (κ2) is 5.17. The minimum absolute atomic E-state index is 0.00191. The molecule has 1 rings (SSSR count). The van der Waals surface area contributed by atoms with Crippen LogP contribution in [0.3, 0.4) is 0 Å². The van der Waals surface area contributed by atoms with Gasteiger partial charge in [-0.25, -0.2) is 0 Å². The third kappa shape index (κ3) is 3.44. The van der Waals surface area contributed by atoms with Crippen molar-refractivity contribution in [3.8, 4) is 6.07 Å². The molecule has 0 aliphatic heterocycles. The van der Waals surface area contributed by atoms with Gasteiger partial charge >= 0.3 is 0 Å². The van der Waals surface area contributed by atoms with Crippen molar-refractivity contribution in [2.75, 3.05) is 20.6 Å². The molecule has 0 atom stereocenters. The average molecular weight is 207 g/mol. The van der Waals surface area contributed by atoms with E-state index in [4.69, 9.17) is 9.68 Å². The molecule has 5 heteroatoms. The Hall–Kier alpha value is -1.80. The number of hydrogen-bond donors (Lipinski definition) is 1. The molecule has 0 saturated carbocycles. The maximum atomic E-state index is 11.2. The number of hydrogen-bond acceptors (Lipinski definition) is 4. The van der Waals surface area contributed by atoms with Crippen LogP contribution in [0.2, 0.25) is 0 Å². The summed E-state index contributed by atoms with van der Waals surface area (Å²) in [6, 6.07) is 5.21. The molecule has 5 nitrogen and oxygen atoms in total. The highest BCUT2D eigenvalue weighted by molar-refractivity contribution is 5.77. The van der Waals surface area contributed by atoms with Crippen molar-refractivity contribution in [2.45, 2.75) is 6.54 Å². The molecule has 80 valence electrons. The first-order chi connectivity index (χ1) is 7.13. The predicted molar refractivity (Wildman–Crippen MR) is 53.8 cm³/mol. The van der Waals surface area contributed by atoms with Gasteiger partial charge in [0.2, 0.25) is 11.7 Å². The van der Waals surface area contributed by atoms with E-state index in [9.17, 15) is 4.79 Å². The highest BCUT2D eigenvalue weighted by Gasteiger charge is 2.04. The molecule has 1 amide bonds. The fourth-order valence-electron chi connectivity index (χ4n) is 0.984. The molecule has 0 spiro atoms. The molecule has 0 bridgehead atoms.